The van der Waals surface area contributed by atoms with Crippen LogP contribution in [-0.2, 0) is 14.3 Å². The molecule has 1 aromatic carbocycles. The van der Waals surface area contributed by atoms with E-state index in [0.717, 1.165) is 0 Å². The number of carbonyl (C=O) groups excluding carboxylic acids is 2. The first-order chi connectivity index (χ1) is 11.1. The van der Waals surface area contributed by atoms with Crippen LogP contribution in [0.3, 0.4) is 0 Å². The Bertz CT molecular complexity index is 628. The SMILES string of the molecule is CC(C)(C)OC(=O)CN1CCC(C(=O)Nc2ccc(O)c(Cl)c2)C1. The predicted molar refractivity (Wildman–Crippen MR) is 92.1 cm³/mol. The molecule has 1 atom stereocenters. The van der Waals surface area contributed by atoms with E-state index in [0.29, 0.717) is 25.2 Å². The van der Waals surface area contributed by atoms with E-state index in [1.54, 1.807) is 6.07 Å². The number of rotatable bonds is 4. The average molecular weight is 355 g/mol. The maximum atomic E-state index is 12.3. The first kappa shape index (κ1) is 18.5. The summed E-state index contributed by atoms with van der Waals surface area (Å²) in [4.78, 5) is 26.1. The Balaban J connectivity index is 1.85. The van der Waals surface area contributed by atoms with Crippen LogP contribution in [0.25, 0.3) is 0 Å². The van der Waals surface area contributed by atoms with E-state index >= 15 is 0 Å². The normalized spacial score (nSPS) is 18.4. The highest BCUT2D eigenvalue weighted by molar-refractivity contribution is 6.32. The van der Waals surface area contributed by atoms with Gasteiger partial charge in [0.2, 0.25) is 5.91 Å². The van der Waals surface area contributed by atoms with E-state index < -0.39 is 5.60 Å². The average Bonchev–Trinajstić information content (AvgIpc) is 2.89. The van der Waals surface area contributed by atoms with E-state index in [2.05, 4.69) is 5.32 Å². The van der Waals surface area contributed by atoms with Gasteiger partial charge in [-0.15, -0.1) is 0 Å². The molecule has 1 aliphatic rings. The molecule has 24 heavy (non-hydrogen) atoms. The van der Waals surface area contributed by atoms with E-state index in [9.17, 15) is 14.7 Å². The number of esters is 1. The van der Waals surface area contributed by atoms with E-state index in [1.165, 1.54) is 12.1 Å². The Morgan fingerprint density at radius 3 is 2.75 bits per heavy atom. The lowest BCUT2D eigenvalue weighted by Gasteiger charge is -2.22. The summed E-state index contributed by atoms with van der Waals surface area (Å²) >= 11 is 5.83. The maximum Gasteiger partial charge on any atom is 0.320 e. The van der Waals surface area contributed by atoms with Crippen molar-refractivity contribution < 1.29 is 19.4 Å². The summed E-state index contributed by atoms with van der Waals surface area (Å²) < 4.78 is 5.30. The molecule has 0 bridgehead atoms. The van der Waals surface area contributed by atoms with Crippen molar-refractivity contribution in [3.8, 4) is 5.75 Å². The Morgan fingerprint density at radius 1 is 1.42 bits per heavy atom. The van der Waals surface area contributed by atoms with Crippen LogP contribution in [0.15, 0.2) is 18.2 Å². The minimum atomic E-state index is -0.508. The highest BCUT2D eigenvalue weighted by Crippen LogP contribution is 2.27. The molecule has 1 unspecified atom stereocenters. The number of hydrogen-bond acceptors (Lipinski definition) is 5. The van der Waals surface area contributed by atoms with Crippen molar-refractivity contribution in [3.05, 3.63) is 23.2 Å². The van der Waals surface area contributed by atoms with Gasteiger partial charge in [0.05, 0.1) is 17.5 Å². The molecule has 0 aromatic heterocycles. The minimum Gasteiger partial charge on any atom is -0.506 e. The molecule has 1 fully saturated rings. The highest BCUT2D eigenvalue weighted by Gasteiger charge is 2.30. The number of aromatic hydroxyl groups is 1. The van der Waals surface area contributed by atoms with E-state index in [4.69, 9.17) is 16.3 Å². The van der Waals surface area contributed by atoms with Gasteiger partial charge in [-0.25, -0.2) is 0 Å². The Kier molecular flexibility index (Phi) is 5.72. The maximum absolute atomic E-state index is 12.3. The van der Waals surface area contributed by atoms with E-state index in [1.807, 2.05) is 25.7 Å². The third-order valence-corrected chi connectivity index (χ3v) is 3.93. The van der Waals surface area contributed by atoms with Gasteiger partial charge in [0, 0.05) is 12.2 Å². The zero-order chi connectivity index (χ0) is 17.9. The fourth-order valence-electron chi connectivity index (χ4n) is 2.58. The van der Waals surface area contributed by atoms with Crippen molar-refractivity contribution in [2.75, 3.05) is 25.0 Å². The van der Waals surface area contributed by atoms with Crippen molar-refractivity contribution in [1.82, 2.24) is 4.90 Å². The molecule has 0 radical (unpaired) electrons. The van der Waals surface area contributed by atoms with Crippen LogP contribution in [0.1, 0.15) is 27.2 Å². The number of halogens is 1. The molecule has 1 amide bonds. The molecule has 1 aromatic rings. The van der Waals surface area contributed by atoms with Gasteiger partial charge in [-0.05, 0) is 51.9 Å². The molecule has 0 saturated carbocycles. The van der Waals surface area contributed by atoms with Crippen LogP contribution in [0.2, 0.25) is 5.02 Å². The fraction of sp³-hybridized carbons (Fsp3) is 0.529. The van der Waals surface area contributed by atoms with Gasteiger partial charge in [-0.2, -0.15) is 0 Å². The summed E-state index contributed by atoms with van der Waals surface area (Å²) in [6.07, 6.45) is 0.681. The molecule has 1 aliphatic heterocycles. The van der Waals surface area contributed by atoms with Crippen LogP contribution in [0.5, 0.6) is 5.75 Å². The number of benzene rings is 1. The smallest absolute Gasteiger partial charge is 0.320 e. The summed E-state index contributed by atoms with van der Waals surface area (Å²) in [5.41, 5.74) is 0.0273. The van der Waals surface area contributed by atoms with Crippen LogP contribution < -0.4 is 5.32 Å². The lowest BCUT2D eigenvalue weighted by Crippen LogP contribution is -2.34. The molecule has 1 heterocycles. The van der Waals surface area contributed by atoms with Crippen molar-refractivity contribution in [2.45, 2.75) is 32.8 Å². The number of phenolic OH excluding ortho intramolecular Hbond substituents is 1. The number of nitrogens with zero attached hydrogens (tertiary/aromatic N) is 1. The first-order valence-corrected chi connectivity index (χ1v) is 8.25. The minimum absolute atomic E-state index is 0.0286. The number of likely N-dealkylation sites (tertiary alicyclic amines) is 1. The van der Waals surface area contributed by atoms with Crippen LogP contribution >= 0.6 is 11.6 Å². The first-order valence-electron chi connectivity index (χ1n) is 7.87. The summed E-state index contributed by atoms with van der Waals surface area (Å²) in [5.74, 6) is -0.628. The van der Waals surface area contributed by atoms with Crippen LogP contribution in [-0.4, -0.2) is 47.1 Å². The number of anilines is 1. The monoisotopic (exact) mass is 354 g/mol. The Morgan fingerprint density at radius 2 is 2.12 bits per heavy atom. The number of carbonyl (C=O) groups is 2. The van der Waals surface area contributed by atoms with Crippen molar-refractivity contribution in [3.63, 3.8) is 0 Å². The number of ether oxygens (including phenoxy) is 1. The molecule has 0 aliphatic carbocycles. The van der Waals surface area contributed by atoms with Gasteiger partial charge in [-0.1, -0.05) is 11.6 Å². The Labute approximate surface area is 146 Å². The fourth-order valence-corrected chi connectivity index (χ4v) is 2.76. The molecule has 0 spiro atoms. The second kappa shape index (κ2) is 7.40. The summed E-state index contributed by atoms with van der Waals surface area (Å²) in [7, 11) is 0. The standard InChI is InChI=1S/C17H23ClN2O4/c1-17(2,3)24-15(22)10-20-7-6-11(9-20)16(23)19-12-4-5-14(21)13(18)8-12/h4-5,8,11,21H,6-7,9-10H2,1-3H3,(H,19,23). The molecule has 132 valence electrons. The van der Waals surface area contributed by atoms with E-state index in [-0.39, 0.29) is 35.1 Å². The number of hydrogen-bond donors (Lipinski definition) is 2. The highest BCUT2D eigenvalue weighted by atomic mass is 35.5. The summed E-state index contributed by atoms with van der Waals surface area (Å²) in [6, 6.07) is 4.52. The van der Waals surface area contributed by atoms with Gasteiger partial charge >= 0.3 is 5.97 Å². The zero-order valence-corrected chi connectivity index (χ0v) is 14.9. The van der Waals surface area contributed by atoms with Crippen molar-refractivity contribution in [2.24, 2.45) is 5.92 Å². The van der Waals surface area contributed by atoms with Crippen molar-refractivity contribution >= 4 is 29.2 Å². The zero-order valence-electron chi connectivity index (χ0n) is 14.1. The molecular weight excluding hydrogens is 332 g/mol. The van der Waals surface area contributed by atoms with Gasteiger partial charge in [0.1, 0.15) is 11.4 Å². The topological polar surface area (TPSA) is 78.9 Å². The van der Waals surface area contributed by atoms with Gasteiger partial charge in [-0.3, -0.25) is 14.5 Å². The third kappa shape index (κ3) is 5.39. The van der Waals surface area contributed by atoms with Gasteiger partial charge < -0.3 is 15.2 Å². The number of phenols is 1. The molecule has 2 N–H and O–H groups in total. The second-order valence-electron chi connectivity index (χ2n) is 6.96. The summed E-state index contributed by atoms with van der Waals surface area (Å²) in [6.45, 7) is 6.85. The Hall–Kier alpha value is -1.79. The van der Waals surface area contributed by atoms with Gasteiger partial charge in [0.15, 0.2) is 0 Å². The lowest BCUT2D eigenvalue weighted by atomic mass is 10.1. The lowest BCUT2D eigenvalue weighted by molar-refractivity contribution is -0.156. The summed E-state index contributed by atoms with van der Waals surface area (Å²) in [5, 5.41) is 12.4. The molecule has 2 rings (SSSR count). The van der Waals surface area contributed by atoms with Crippen molar-refractivity contribution in [1.29, 1.82) is 0 Å². The third-order valence-electron chi connectivity index (χ3n) is 3.63. The van der Waals surface area contributed by atoms with Gasteiger partial charge in [0.25, 0.3) is 0 Å². The number of nitrogens with one attached hydrogen (secondary N) is 1. The molecule has 6 nitrogen and oxygen atoms in total. The second-order valence-corrected chi connectivity index (χ2v) is 7.37. The van der Waals surface area contributed by atoms with Crippen LogP contribution in [0.4, 0.5) is 5.69 Å². The number of amides is 1. The molecule has 1 saturated heterocycles. The quantitative estimate of drug-likeness (QED) is 0.642. The van der Waals surface area contributed by atoms with Crippen LogP contribution in [0, 0.1) is 5.92 Å². The largest absolute Gasteiger partial charge is 0.506 e. The molecule has 7 heteroatoms. The predicted octanol–water partition coefficient (Wildman–Crippen LogP) is 2.65. The molecular formula is C17H23ClN2O4.